The average Bonchev–Trinajstić information content (AvgIpc) is 3.41. The Bertz CT molecular complexity index is 1380. The van der Waals surface area contributed by atoms with Gasteiger partial charge in [0, 0.05) is 7.05 Å². The van der Waals surface area contributed by atoms with E-state index in [1.165, 1.54) is 19.2 Å². The van der Waals surface area contributed by atoms with Gasteiger partial charge in [0.2, 0.25) is 5.82 Å². The summed E-state index contributed by atoms with van der Waals surface area (Å²) in [6.07, 6.45) is 0. The molecule has 11 nitrogen and oxygen atoms in total. The summed E-state index contributed by atoms with van der Waals surface area (Å²) in [4.78, 5) is 41.1. The van der Waals surface area contributed by atoms with Gasteiger partial charge in [-0.1, -0.05) is 5.16 Å². The van der Waals surface area contributed by atoms with E-state index < -0.39 is 28.9 Å². The highest BCUT2D eigenvalue weighted by atomic mass is 19.1. The van der Waals surface area contributed by atoms with Crippen molar-refractivity contribution in [3.05, 3.63) is 80.5 Å². The molecule has 3 heterocycles. The molecule has 0 bridgehead atoms. The molecule has 0 unspecified atom stereocenters. The zero-order valence-electron chi connectivity index (χ0n) is 16.3. The predicted octanol–water partition coefficient (Wildman–Crippen LogP) is 0.952. The number of nitrogens with one attached hydrogen (secondary N) is 1. The SMILES string of the molecule is Cc1ccc(CNC(=O)c2nc(-c3nn(-c4ccc(F)cc4)c(=O)n(C)c3=O)no2)o1. The molecule has 0 spiro atoms. The lowest BCUT2D eigenvalue weighted by Gasteiger charge is -2.07. The third-order valence-electron chi connectivity index (χ3n) is 4.30. The molecule has 1 N–H and O–H groups in total. The maximum atomic E-state index is 13.2. The molecular formula is C19H15FN6O5. The van der Waals surface area contributed by atoms with E-state index >= 15 is 0 Å². The Kier molecular flexibility index (Phi) is 5.03. The molecule has 0 saturated heterocycles. The molecule has 0 atom stereocenters. The molecule has 4 aromatic rings. The number of nitrogens with zero attached hydrogens (tertiary/aromatic N) is 5. The van der Waals surface area contributed by atoms with E-state index in [4.69, 9.17) is 8.94 Å². The summed E-state index contributed by atoms with van der Waals surface area (Å²) < 4.78 is 25.2. The van der Waals surface area contributed by atoms with Crippen LogP contribution in [-0.2, 0) is 13.6 Å². The number of aryl methyl sites for hydroxylation is 1. The van der Waals surface area contributed by atoms with E-state index in [0.717, 1.165) is 21.4 Å². The van der Waals surface area contributed by atoms with Crippen LogP contribution in [0.2, 0.25) is 0 Å². The van der Waals surface area contributed by atoms with Crippen molar-refractivity contribution in [3.63, 3.8) is 0 Å². The number of hydrogen-bond donors (Lipinski definition) is 1. The summed E-state index contributed by atoms with van der Waals surface area (Å²) in [6.45, 7) is 1.87. The summed E-state index contributed by atoms with van der Waals surface area (Å²) in [6, 6.07) is 8.40. The van der Waals surface area contributed by atoms with Crippen molar-refractivity contribution in [1.82, 2.24) is 29.8 Å². The summed E-state index contributed by atoms with van der Waals surface area (Å²) in [5.41, 5.74) is -1.65. The van der Waals surface area contributed by atoms with Crippen LogP contribution in [-0.4, -0.2) is 30.4 Å². The number of benzene rings is 1. The lowest BCUT2D eigenvalue weighted by atomic mass is 10.3. The second-order valence-electron chi connectivity index (χ2n) is 6.50. The first-order valence-corrected chi connectivity index (χ1v) is 8.97. The molecule has 1 amide bonds. The Morgan fingerprint density at radius 1 is 1.16 bits per heavy atom. The number of amides is 1. The maximum Gasteiger partial charge on any atom is 0.351 e. The van der Waals surface area contributed by atoms with E-state index in [1.54, 1.807) is 19.1 Å². The van der Waals surface area contributed by atoms with Crippen LogP contribution in [0.5, 0.6) is 0 Å². The topological polar surface area (TPSA) is 138 Å². The lowest BCUT2D eigenvalue weighted by molar-refractivity contribution is 0.0904. The molecule has 158 valence electrons. The fraction of sp³-hybridized carbons (Fsp3) is 0.158. The van der Waals surface area contributed by atoms with E-state index in [9.17, 15) is 18.8 Å². The molecule has 3 aromatic heterocycles. The Balaban J connectivity index is 1.65. The lowest BCUT2D eigenvalue weighted by Crippen LogP contribution is -2.40. The number of furan rings is 1. The zero-order valence-corrected chi connectivity index (χ0v) is 16.3. The molecule has 0 fully saturated rings. The first-order chi connectivity index (χ1) is 14.8. The normalized spacial score (nSPS) is 10.9. The first-order valence-electron chi connectivity index (χ1n) is 8.97. The molecule has 31 heavy (non-hydrogen) atoms. The summed E-state index contributed by atoms with van der Waals surface area (Å²) in [5.74, 6) is -0.635. The van der Waals surface area contributed by atoms with Gasteiger partial charge in [0.05, 0.1) is 12.2 Å². The van der Waals surface area contributed by atoms with E-state index in [1.807, 2.05) is 0 Å². The third kappa shape index (κ3) is 3.90. The second kappa shape index (κ2) is 7.82. The molecule has 0 aliphatic carbocycles. The van der Waals surface area contributed by atoms with Crippen LogP contribution in [0.1, 0.15) is 22.2 Å². The largest absolute Gasteiger partial charge is 0.465 e. The quantitative estimate of drug-likeness (QED) is 0.498. The number of carbonyl (C=O) groups excluding carboxylic acids is 1. The van der Waals surface area contributed by atoms with Crippen LogP contribution in [0.15, 0.2) is 54.9 Å². The van der Waals surface area contributed by atoms with Crippen LogP contribution in [0, 0.1) is 12.7 Å². The van der Waals surface area contributed by atoms with Crippen molar-refractivity contribution in [2.75, 3.05) is 0 Å². The van der Waals surface area contributed by atoms with Gasteiger partial charge in [-0.3, -0.25) is 14.2 Å². The molecule has 0 saturated carbocycles. The molecule has 0 aliphatic heterocycles. The van der Waals surface area contributed by atoms with Gasteiger partial charge in [-0.2, -0.15) is 14.8 Å². The minimum absolute atomic E-state index is 0.0971. The molecule has 0 radical (unpaired) electrons. The highest BCUT2D eigenvalue weighted by Crippen LogP contribution is 2.11. The van der Waals surface area contributed by atoms with Crippen molar-refractivity contribution < 1.29 is 18.1 Å². The van der Waals surface area contributed by atoms with Gasteiger partial charge in [0.25, 0.3) is 5.56 Å². The van der Waals surface area contributed by atoms with Crippen molar-refractivity contribution in [2.24, 2.45) is 7.05 Å². The van der Waals surface area contributed by atoms with Crippen LogP contribution in [0.3, 0.4) is 0 Å². The van der Waals surface area contributed by atoms with Gasteiger partial charge in [-0.05, 0) is 43.3 Å². The standard InChI is InChI=1S/C19H15FN6O5/c1-10-3-8-13(30-10)9-21-16(27)17-22-15(24-31-17)14-18(28)25(2)19(29)26(23-14)12-6-4-11(20)5-7-12/h3-8H,9H2,1-2H3,(H,21,27). The highest BCUT2D eigenvalue weighted by molar-refractivity contribution is 5.89. The fourth-order valence-electron chi connectivity index (χ4n) is 2.70. The van der Waals surface area contributed by atoms with Crippen LogP contribution in [0.25, 0.3) is 17.2 Å². The van der Waals surface area contributed by atoms with Gasteiger partial charge in [-0.15, -0.1) is 0 Å². The Labute approximate surface area is 172 Å². The number of hydrogen-bond acceptors (Lipinski definition) is 8. The van der Waals surface area contributed by atoms with Gasteiger partial charge in [0.15, 0.2) is 5.69 Å². The molecule has 0 aliphatic rings. The second-order valence-corrected chi connectivity index (χ2v) is 6.50. The minimum atomic E-state index is -0.790. The predicted molar refractivity (Wildman–Crippen MR) is 103 cm³/mol. The molecule has 4 rings (SSSR count). The van der Waals surface area contributed by atoms with Gasteiger partial charge >= 0.3 is 17.5 Å². The molecule has 12 heteroatoms. The zero-order chi connectivity index (χ0) is 22.1. The summed E-state index contributed by atoms with van der Waals surface area (Å²) in [5, 5.41) is 10.2. The van der Waals surface area contributed by atoms with Crippen molar-refractivity contribution >= 4 is 5.91 Å². The molecular weight excluding hydrogens is 411 g/mol. The van der Waals surface area contributed by atoms with Gasteiger partial charge < -0.3 is 14.3 Å². The molecule has 1 aromatic carbocycles. The number of halogens is 1. The third-order valence-corrected chi connectivity index (χ3v) is 4.30. The Hall–Kier alpha value is -4.35. The number of aromatic nitrogens is 5. The summed E-state index contributed by atoms with van der Waals surface area (Å²) >= 11 is 0. The van der Waals surface area contributed by atoms with E-state index in [0.29, 0.717) is 11.5 Å². The van der Waals surface area contributed by atoms with Crippen LogP contribution < -0.4 is 16.6 Å². The Morgan fingerprint density at radius 3 is 2.58 bits per heavy atom. The van der Waals surface area contributed by atoms with Crippen LogP contribution in [0.4, 0.5) is 4.39 Å². The number of rotatable bonds is 5. The first kappa shape index (κ1) is 19.9. The Morgan fingerprint density at radius 2 is 1.90 bits per heavy atom. The minimum Gasteiger partial charge on any atom is -0.465 e. The smallest absolute Gasteiger partial charge is 0.351 e. The monoisotopic (exact) mass is 426 g/mol. The average molecular weight is 426 g/mol. The van der Waals surface area contributed by atoms with E-state index in [-0.39, 0.29) is 23.8 Å². The van der Waals surface area contributed by atoms with Crippen LogP contribution >= 0.6 is 0 Å². The van der Waals surface area contributed by atoms with Crippen molar-refractivity contribution in [2.45, 2.75) is 13.5 Å². The van der Waals surface area contributed by atoms with Gasteiger partial charge in [-0.25, -0.2) is 9.18 Å². The van der Waals surface area contributed by atoms with Gasteiger partial charge in [0.1, 0.15) is 17.3 Å². The maximum absolute atomic E-state index is 13.2. The summed E-state index contributed by atoms with van der Waals surface area (Å²) in [7, 11) is 1.24. The van der Waals surface area contributed by atoms with Crippen molar-refractivity contribution in [3.8, 4) is 17.2 Å². The highest BCUT2D eigenvalue weighted by Gasteiger charge is 2.22. The van der Waals surface area contributed by atoms with Crippen molar-refractivity contribution in [1.29, 1.82) is 0 Å². The van der Waals surface area contributed by atoms with E-state index in [2.05, 4.69) is 20.6 Å². The number of carbonyl (C=O) groups is 1. The fourth-order valence-corrected chi connectivity index (χ4v) is 2.70.